The van der Waals surface area contributed by atoms with Crippen LogP contribution in [-0.4, -0.2) is 20.2 Å². The zero-order valence-corrected chi connectivity index (χ0v) is 15.4. The molecule has 0 N–H and O–H groups in total. The number of rotatable bonds is 12. The van der Waals surface area contributed by atoms with E-state index in [4.69, 9.17) is 8.85 Å². The van der Waals surface area contributed by atoms with Crippen molar-refractivity contribution in [3.8, 4) is 0 Å². The molecule has 22 heavy (non-hydrogen) atoms. The number of unbranched alkanes of at least 4 members (excludes halogenated alkanes) is 5. The van der Waals surface area contributed by atoms with Gasteiger partial charge in [0, 0.05) is 12.4 Å². The third kappa shape index (κ3) is 9.87. The summed E-state index contributed by atoms with van der Waals surface area (Å²) in [7, 11) is -2.05. The molecule has 0 fully saturated rings. The first-order valence-corrected chi connectivity index (χ1v) is 11.3. The third-order valence-electron chi connectivity index (χ3n) is 3.48. The number of pyridine rings is 1. The lowest BCUT2D eigenvalue weighted by Gasteiger charge is -2.22. The summed E-state index contributed by atoms with van der Waals surface area (Å²) in [5, 5.41) is 0. The molecule has 0 aliphatic heterocycles. The number of aromatic nitrogens is 1. The van der Waals surface area contributed by atoms with E-state index in [0.717, 1.165) is 12.0 Å². The Kier molecular flexibility index (Phi) is 10.0. The fourth-order valence-corrected chi connectivity index (χ4v) is 3.18. The highest BCUT2D eigenvalue weighted by Gasteiger charge is 2.23. The standard InChI is InChI=1S/C18H31NO2Si/c1-4-5-6-7-8-9-10-11-15-20-22(2,3)21-17-18-13-12-14-19-16-18/h10-14,16H,4-9,15,17H2,1-3H3/b11-10+. The second kappa shape index (κ2) is 11.6. The lowest BCUT2D eigenvalue weighted by atomic mass is 10.1. The average Bonchev–Trinajstić information content (AvgIpc) is 2.52. The molecule has 0 atom stereocenters. The van der Waals surface area contributed by atoms with Crippen LogP contribution in [0.15, 0.2) is 36.7 Å². The van der Waals surface area contributed by atoms with E-state index >= 15 is 0 Å². The summed E-state index contributed by atoms with van der Waals surface area (Å²) < 4.78 is 11.8. The van der Waals surface area contributed by atoms with Gasteiger partial charge in [-0.25, -0.2) is 0 Å². The maximum Gasteiger partial charge on any atom is 0.332 e. The first kappa shape index (κ1) is 19.1. The lowest BCUT2D eigenvalue weighted by Crippen LogP contribution is -2.34. The highest BCUT2D eigenvalue weighted by atomic mass is 28.4. The fourth-order valence-electron chi connectivity index (χ4n) is 2.08. The van der Waals surface area contributed by atoms with Crippen LogP contribution >= 0.6 is 0 Å². The molecule has 0 aliphatic rings. The zero-order valence-electron chi connectivity index (χ0n) is 14.4. The van der Waals surface area contributed by atoms with Gasteiger partial charge in [-0.05, 0) is 37.6 Å². The molecule has 4 heteroatoms. The number of hydrogen-bond acceptors (Lipinski definition) is 3. The van der Waals surface area contributed by atoms with Gasteiger partial charge in [0.05, 0.1) is 13.2 Å². The van der Waals surface area contributed by atoms with Gasteiger partial charge in [0.1, 0.15) is 0 Å². The van der Waals surface area contributed by atoms with Crippen LogP contribution in [0.1, 0.15) is 51.0 Å². The molecule has 0 radical (unpaired) electrons. The summed E-state index contributed by atoms with van der Waals surface area (Å²) in [5.41, 5.74) is 1.09. The van der Waals surface area contributed by atoms with Crippen LogP contribution in [0.25, 0.3) is 0 Å². The van der Waals surface area contributed by atoms with Crippen molar-refractivity contribution in [2.75, 3.05) is 6.61 Å². The van der Waals surface area contributed by atoms with Gasteiger partial charge in [-0.3, -0.25) is 4.98 Å². The van der Waals surface area contributed by atoms with E-state index in [0.29, 0.717) is 13.2 Å². The summed E-state index contributed by atoms with van der Waals surface area (Å²) in [5.74, 6) is 0. The monoisotopic (exact) mass is 321 g/mol. The summed E-state index contributed by atoms with van der Waals surface area (Å²) in [6.45, 7) is 7.65. The maximum absolute atomic E-state index is 5.93. The summed E-state index contributed by atoms with van der Waals surface area (Å²) in [4.78, 5) is 4.09. The Hall–Kier alpha value is -0.973. The van der Waals surface area contributed by atoms with E-state index in [1.165, 1.54) is 32.1 Å². The molecular weight excluding hydrogens is 290 g/mol. The topological polar surface area (TPSA) is 31.4 Å². The van der Waals surface area contributed by atoms with Crippen molar-refractivity contribution in [3.05, 3.63) is 42.2 Å². The van der Waals surface area contributed by atoms with Crippen molar-refractivity contribution in [1.82, 2.24) is 4.98 Å². The molecule has 0 saturated heterocycles. The van der Waals surface area contributed by atoms with E-state index in [9.17, 15) is 0 Å². The number of allylic oxidation sites excluding steroid dienone is 1. The van der Waals surface area contributed by atoms with Gasteiger partial charge in [0.25, 0.3) is 0 Å². The average molecular weight is 322 g/mol. The van der Waals surface area contributed by atoms with Crippen molar-refractivity contribution < 1.29 is 8.85 Å². The molecule has 1 aromatic rings. The third-order valence-corrected chi connectivity index (χ3v) is 5.18. The van der Waals surface area contributed by atoms with Crippen LogP contribution in [0.4, 0.5) is 0 Å². The van der Waals surface area contributed by atoms with Gasteiger partial charge < -0.3 is 8.85 Å². The minimum atomic E-state index is -2.05. The van der Waals surface area contributed by atoms with Crippen LogP contribution in [-0.2, 0) is 15.5 Å². The molecule has 0 amide bonds. The normalized spacial score (nSPS) is 12.1. The SMILES string of the molecule is CCCCCCC/C=C/CO[Si](C)(C)OCc1cccnc1. The largest absolute Gasteiger partial charge is 0.391 e. The molecule has 0 aromatic carbocycles. The molecule has 1 rings (SSSR count). The molecule has 1 heterocycles. The molecule has 0 bridgehead atoms. The minimum absolute atomic E-state index is 0.578. The minimum Gasteiger partial charge on any atom is -0.391 e. The Balaban J connectivity index is 2.09. The van der Waals surface area contributed by atoms with E-state index in [1.54, 1.807) is 6.20 Å². The van der Waals surface area contributed by atoms with Crippen LogP contribution in [0, 0.1) is 0 Å². The predicted octanol–water partition coefficient (Wildman–Crippen LogP) is 5.23. The van der Waals surface area contributed by atoms with Crippen molar-refractivity contribution in [3.63, 3.8) is 0 Å². The van der Waals surface area contributed by atoms with E-state index in [-0.39, 0.29) is 0 Å². The summed E-state index contributed by atoms with van der Waals surface area (Å²) in [6.07, 6.45) is 15.8. The van der Waals surface area contributed by atoms with E-state index < -0.39 is 8.56 Å². The Morgan fingerprint density at radius 3 is 2.64 bits per heavy atom. The van der Waals surface area contributed by atoms with E-state index in [1.807, 2.05) is 18.3 Å². The second-order valence-corrected chi connectivity index (χ2v) is 9.41. The zero-order chi connectivity index (χ0) is 16.1. The highest BCUT2D eigenvalue weighted by Crippen LogP contribution is 2.11. The van der Waals surface area contributed by atoms with Gasteiger partial charge in [0.2, 0.25) is 0 Å². The molecule has 0 saturated carbocycles. The van der Waals surface area contributed by atoms with Crippen LogP contribution < -0.4 is 0 Å². The molecule has 1 aromatic heterocycles. The Labute approximate surface area is 137 Å². The molecule has 0 aliphatic carbocycles. The van der Waals surface area contributed by atoms with Gasteiger partial charge >= 0.3 is 8.56 Å². The van der Waals surface area contributed by atoms with Crippen molar-refractivity contribution >= 4 is 8.56 Å². The molecular formula is C18H31NO2Si. The summed E-state index contributed by atoms with van der Waals surface area (Å²) in [6, 6.07) is 3.95. The lowest BCUT2D eigenvalue weighted by molar-refractivity contribution is 0.186. The van der Waals surface area contributed by atoms with Crippen LogP contribution in [0.3, 0.4) is 0 Å². The molecule has 0 spiro atoms. The fraction of sp³-hybridized carbons (Fsp3) is 0.611. The Morgan fingerprint density at radius 1 is 1.09 bits per heavy atom. The van der Waals surface area contributed by atoms with Gasteiger partial charge in [0.15, 0.2) is 0 Å². The van der Waals surface area contributed by atoms with Crippen LogP contribution in [0.2, 0.25) is 13.1 Å². The molecule has 0 unspecified atom stereocenters. The van der Waals surface area contributed by atoms with Gasteiger partial charge in [-0.2, -0.15) is 0 Å². The van der Waals surface area contributed by atoms with Gasteiger partial charge in [-0.15, -0.1) is 0 Å². The van der Waals surface area contributed by atoms with Crippen molar-refractivity contribution in [2.45, 2.75) is 65.1 Å². The molecule has 124 valence electrons. The number of hydrogen-bond donors (Lipinski definition) is 0. The van der Waals surface area contributed by atoms with Crippen LogP contribution in [0.5, 0.6) is 0 Å². The first-order chi connectivity index (χ1) is 10.6. The molecule has 3 nitrogen and oxygen atoms in total. The Morgan fingerprint density at radius 2 is 1.91 bits per heavy atom. The second-order valence-electron chi connectivity index (χ2n) is 6.04. The number of nitrogens with zero attached hydrogens (tertiary/aromatic N) is 1. The quantitative estimate of drug-likeness (QED) is 0.300. The summed E-state index contributed by atoms with van der Waals surface area (Å²) >= 11 is 0. The highest BCUT2D eigenvalue weighted by molar-refractivity contribution is 6.64. The maximum atomic E-state index is 5.93. The van der Waals surface area contributed by atoms with Crippen molar-refractivity contribution in [2.24, 2.45) is 0 Å². The van der Waals surface area contributed by atoms with E-state index in [2.05, 4.69) is 37.2 Å². The predicted molar refractivity (Wildman–Crippen MR) is 95.0 cm³/mol. The smallest absolute Gasteiger partial charge is 0.332 e. The Bertz CT molecular complexity index is 407. The first-order valence-electron chi connectivity index (χ1n) is 8.46. The van der Waals surface area contributed by atoms with Gasteiger partial charge in [-0.1, -0.05) is 50.8 Å². The van der Waals surface area contributed by atoms with Crippen molar-refractivity contribution in [1.29, 1.82) is 0 Å².